The Kier molecular flexibility index (Phi) is 7.70. The summed E-state index contributed by atoms with van der Waals surface area (Å²) < 4.78 is 20.9. The van der Waals surface area contributed by atoms with Crippen molar-refractivity contribution in [1.82, 2.24) is 14.8 Å². The number of nitrogens with zero attached hydrogens (tertiary/aromatic N) is 3. The van der Waals surface area contributed by atoms with Crippen molar-refractivity contribution in [2.24, 2.45) is 0 Å². The van der Waals surface area contributed by atoms with Gasteiger partial charge in [0.2, 0.25) is 5.91 Å². The van der Waals surface area contributed by atoms with Crippen molar-refractivity contribution >= 4 is 35.0 Å². The Morgan fingerprint density at radius 1 is 1.35 bits per heavy atom. The van der Waals surface area contributed by atoms with E-state index in [1.165, 1.54) is 30.0 Å². The number of aromatic nitrogens is 3. The van der Waals surface area contributed by atoms with Crippen molar-refractivity contribution in [1.29, 1.82) is 0 Å². The van der Waals surface area contributed by atoms with Gasteiger partial charge in [0.05, 0.1) is 10.8 Å². The van der Waals surface area contributed by atoms with Crippen LogP contribution in [0, 0.1) is 12.7 Å². The Balaban J connectivity index is 1.69. The summed E-state index contributed by atoms with van der Waals surface area (Å²) in [5.41, 5.74) is 1.81. The summed E-state index contributed by atoms with van der Waals surface area (Å²) in [4.78, 5) is 12.3. The number of ether oxygens (including phenoxy) is 1. The first-order valence-electron chi connectivity index (χ1n) is 9.52. The van der Waals surface area contributed by atoms with Crippen LogP contribution in [-0.2, 0) is 11.3 Å². The van der Waals surface area contributed by atoms with E-state index in [9.17, 15) is 9.18 Å². The maximum Gasteiger partial charge on any atom is 0.234 e. The number of carbonyl (C=O) groups is 1. The molecule has 1 heterocycles. The van der Waals surface area contributed by atoms with Gasteiger partial charge in [-0.1, -0.05) is 41.6 Å². The van der Waals surface area contributed by atoms with Crippen molar-refractivity contribution in [2.45, 2.75) is 31.7 Å². The molecule has 0 saturated carbocycles. The highest BCUT2D eigenvalue weighted by Gasteiger charge is 2.20. The van der Waals surface area contributed by atoms with E-state index in [4.69, 9.17) is 16.3 Å². The summed E-state index contributed by atoms with van der Waals surface area (Å²) in [6.07, 6.45) is 1.20. The van der Waals surface area contributed by atoms with E-state index >= 15 is 0 Å². The lowest BCUT2D eigenvalue weighted by atomic mass is 10.2. The third-order valence-corrected chi connectivity index (χ3v) is 5.51. The van der Waals surface area contributed by atoms with Crippen LogP contribution in [0.15, 0.2) is 60.3 Å². The summed E-state index contributed by atoms with van der Waals surface area (Å²) >= 11 is 7.32. The smallest absolute Gasteiger partial charge is 0.234 e. The van der Waals surface area contributed by atoms with Gasteiger partial charge < -0.3 is 10.1 Å². The van der Waals surface area contributed by atoms with Crippen molar-refractivity contribution in [3.05, 3.63) is 77.3 Å². The van der Waals surface area contributed by atoms with Gasteiger partial charge in [0.25, 0.3) is 0 Å². The maximum absolute atomic E-state index is 13.3. The lowest BCUT2D eigenvalue weighted by molar-refractivity contribution is -0.113. The van der Waals surface area contributed by atoms with Crippen molar-refractivity contribution < 1.29 is 13.9 Å². The minimum Gasteiger partial charge on any atom is -0.481 e. The molecule has 1 atom stereocenters. The van der Waals surface area contributed by atoms with Crippen LogP contribution in [0.4, 0.5) is 10.1 Å². The zero-order valence-electron chi connectivity index (χ0n) is 17.1. The molecule has 0 saturated heterocycles. The number of hydrogen-bond donors (Lipinski definition) is 1. The maximum atomic E-state index is 13.3. The molecule has 3 aromatic rings. The Morgan fingerprint density at radius 2 is 2.16 bits per heavy atom. The third kappa shape index (κ3) is 6.08. The number of benzene rings is 2. The van der Waals surface area contributed by atoms with Crippen molar-refractivity contribution in [3.63, 3.8) is 0 Å². The lowest BCUT2D eigenvalue weighted by Crippen LogP contribution is -2.15. The van der Waals surface area contributed by atoms with Crippen molar-refractivity contribution in [3.8, 4) is 5.75 Å². The SMILES string of the molecule is C=CCn1c(SCC(=O)Nc2cccc(C)c2)nnc1C(C)Oc1ccc(F)cc1Cl. The van der Waals surface area contributed by atoms with Crippen LogP contribution in [0.5, 0.6) is 5.75 Å². The molecule has 3 rings (SSSR count). The molecule has 6 nitrogen and oxygen atoms in total. The van der Waals surface area contributed by atoms with Gasteiger partial charge in [0.1, 0.15) is 11.6 Å². The van der Waals surface area contributed by atoms with E-state index < -0.39 is 11.9 Å². The second-order valence-corrected chi connectivity index (χ2v) is 8.13. The van der Waals surface area contributed by atoms with Crippen LogP contribution >= 0.6 is 23.4 Å². The van der Waals surface area contributed by atoms with Gasteiger partial charge in [-0.15, -0.1) is 16.8 Å². The molecule has 0 fully saturated rings. The van der Waals surface area contributed by atoms with E-state index in [1.54, 1.807) is 13.0 Å². The summed E-state index contributed by atoms with van der Waals surface area (Å²) in [6, 6.07) is 11.5. The molecule has 1 amide bonds. The van der Waals surface area contributed by atoms with Crippen LogP contribution in [0.1, 0.15) is 24.4 Å². The first-order chi connectivity index (χ1) is 14.9. The van der Waals surface area contributed by atoms with E-state index in [0.29, 0.717) is 23.3 Å². The molecule has 0 radical (unpaired) electrons. The number of allylic oxidation sites excluding steroid dienone is 1. The molecule has 0 aliphatic carbocycles. The fraction of sp³-hybridized carbons (Fsp3) is 0.227. The Bertz CT molecular complexity index is 1090. The van der Waals surface area contributed by atoms with E-state index in [0.717, 1.165) is 11.3 Å². The number of aryl methyl sites for hydroxylation is 1. The van der Waals surface area contributed by atoms with Gasteiger partial charge in [0, 0.05) is 12.2 Å². The lowest BCUT2D eigenvalue weighted by Gasteiger charge is -2.16. The number of anilines is 1. The number of nitrogens with one attached hydrogen (secondary N) is 1. The fourth-order valence-electron chi connectivity index (χ4n) is 2.87. The Morgan fingerprint density at radius 3 is 2.87 bits per heavy atom. The van der Waals surface area contributed by atoms with E-state index in [-0.39, 0.29) is 16.7 Å². The Labute approximate surface area is 189 Å². The highest BCUT2D eigenvalue weighted by molar-refractivity contribution is 7.99. The molecule has 0 bridgehead atoms. The third-order valence-electron chi connectivity index (χ3n) is 4.25. The molecule has 0 aliphatic heterocycles. The normalized spacial score (nSPS) is 11.7. The number of carbonyl (C=O) groups excluding carboxylic acids is 1. The molecule has 9 heteroatoms. The largest absolute Gasteiger partial charge is 0.481 e. The molecule has 2 aromatic carbocycles. The number of rotatable bonds is 9. The van der Waals surface area contributed by atoms with Gasteiger partial charge in [-0.25, -0.2) is 4.39 Å². The molecule has 31 heavy (non-hydrogen) atoms. The zero-order chi connectivity index (χ0) is 22.4. The van der Waals surface area contributed by atoms with E-state index in [2.05, 4.69) is 22.1 Å². The predicted molar refractivity (Wildman–Crippen MR) is 121 cm³/mol. The zero-order valence-corrected chi connectivity index (χ0v) is 18.7. The minimum absolute atomic E-state index is 0.146. The van der Waals surface area contributed by atoms with Gasteiger partial charge in [-0.3, -0.25) is 9.36 Å². The minimum atomic E-state index is -0.508. The number of amides is 1. The Hall–Kier alpha value is -2.84. The fourth-order valence-corrected chi connectivity index (χ4v) is 3.84. The number of thioether (sulfide) groups is 1. The number of halogens is 2. The standard InChI is InChI=1S/C22H22ClFN4O2S/c1-4-10-28-21(15(3)30-19-9-8-16(24)12-18(19)23)26-27-22(28)31-13-20(29)25-17-7-5-6-14(2)11-17/h4-9,11-12,15H,1,10,13H2,2-3H3,(H,25,29). The quantitative estimate of drug-likeness (QED) is 0.340. The second-order valence-electron chi connectivity index (χ2n) is 6.78. The highest BCUT2D eigenvalue weighted by Crippen LogP contribution is 2.30. The molecule has 1 aromatic heterocycles. The first-order valence-corrected chi connectivity index (χ1v) is 10.9. The molecule has 1 unspecified atom stereocenters. The highest BCUT2D eigenvalue weighted by atomic mass is 35.5. The van der Waals surface area contributed by atoms with Gasteiger partial charge in [-0.05, 0) is 49.7 Å². The van der Waals surface area contributed by atoms with Crippen LogP contribution in [-0.4, -0.2) is 26.4 Å². The predicted octanol–water partition coefficient (Wildman–Crippen LogP) is 5.44. The van der Waals surface area contributed by atoms with Gasteiger partial charge in [-0.2, -0.15) is 0 Å². The first kappa shape index (κ1) is 22.8. The van der Waals surface area contributed by atoms with Crippen LogP contribution in [0.25, 0.3) is 0 Å². The molecular formula is C22H22ClFN4O2S. The van der Waals surface area contributed by atoms with Gasteiger partial charge >= 0.3 is 0 Å². The van der Waals surface area contributed by atoms with Crippen molar-refractivity contribution in [2.75, 3.05) is 11.1 Å². The van der Waals surface area contributed by atoms with Crippen LogP contribution in [0.3, 0.4) is 0 Å². The summed E-state index contributed by atoms with van der Waals surface area (Å²) in [7, 11) is 0. The molecule has 1 N–H and O–H groups in total. The summed E-state index contributed by atoms with van der Waals surface area (Å²) in [5, 5.41) is 12.0. The average molecular weight is 461 g/mol. The monoisotopic (exact) mass is 460 g/mol. The average Bonchev–Trinajstić information content (AvgIpc) is 3.11. The topological polar surface area (TPSA) is 69.0 Å². The molecular weight excluding hydrogens is 439 g/mol. The summed E-state index contributed by atoms with van der Waals surface area (Å²) in [6.45, 7) is 7.97. The summed E-state index contributed by atoms with van der Waals surface area (Å²) in [5.74, 6) is 0.467. The van der Waals surface area contributed by atoms with E-state index in [1.807, 2.05) is 35.8 Å². The van der Waals surface area contributed by atoms with Crippen LogP contribution in [0.2, 0.25) is 5.02 Å². The number of hydrogen-bond acceptors (Lipinski definition) is 5. The van der Waals surface area contributed by atoms with Crippen LogP contribution < -0.4 is 10.1 Å². The second kappa shape index (κ2) is 10.5. The molecule has 0 spiro atoms. The molecule has 162 valence electrons. The van der Waals surface area contributed by atoms with Gasteiger partial charge in [0.15, 0.2) is 17.1 Å². The molecule has 0 aliphatic rings.